The Balaban J connectivity index is 2.03. The molecule has 2 unspecified atom stereocenters. The number of benzene rings is 1. The van der Waals surface area contributed by atoms with Gasteiger partial charge < -0.3 is 15.8 Å². The van der Waals surface area contributed by atoms with Crippen LogP contribution in [0.1, 0.15) is 32.3 Å². The first kappa shape index (κ1) is 16.4. The average Bonchev–Trinajstić information content (AvgIpc) is 2.87. The van der Waals surface area contributed by atoms with E-state index in [9.17, 15) is 14.9 Å². The fourth-order valence-electron chi connectivity index (χ4n) is 4.28. The number of amides is 1. The Hall–Kier alpha value is -3.07. The number of allylic oxidation sites excluding steroid dienone is 1. The van der Waals surface area contributed by atoms with Crippen LogP contribution >= 0.6 is 0 Å². The molecule has 1 amide bonds. The van der Waals surface area contributed by atoms with Gasteiger partial charge in [0.05, 0.1) is 5.57 Å². The Bertz CT molecular complexity index is 951. The van der Waals surface area contributed by atoms with Crippen LogP contribution in [-0.2, 0) is 19.7 Å². The number of hydrogen-bond donors (Lipinski definition) is 2. The van der Waals surface area contributed by atoms with E-state index in [4.69, 9.17) is 10.5 Å². The Labute approximate surface area is 151 Å². The lowest BCUT2D eigenvalue weighted by atomic mass is 9.63. The summed E-state index contributed by atoms with van der Waals surface area (Å²) in [4.78, 5) is 26.3. The summed E-state index contributed by atoms with van der Waals surface area (Å²) >= 11 is 0. The molecule has 0 radical (unpaired) electrons. The van der Waals surface area contributed by atoms with E-state index in [2.05, 4.69) is 19.2 Å². The number of ether oxygens (including phenoxy) is 1. The van der Waals surface area contributed by atoms with Crippen LogP contribution in [-0.4, -0.2) is 11.7 Å². The molecule has 0 aromatic heterocycles. The van der Waals surface area contributed by atoms with Crippen LogP contribution in [0.5, 0.6) is 0 Å². The molecule has 1 aromatic rings. The first-order chi connectivity index (χ1) is 12.4. The molecular weight excluding hydrogens is 330 g/mol. The van der Waals surface area contributed by atoms with Crippen LogP contribution in [0, 0.1) is 23.2 Å². The van der Waals surface area contributed by atoms with Gasteiger partial charge in [-0.2, -0.15) is 5.26 Å². The average molecular weight is 349 g/mol. The van der Waals surface area contributed by atoms with Gasteiger partial charge in [-0.1, -0.05) is 32.0 Å². The quantitative estimate of drug-likeness (QED) is 0.810. The predicted molar refractivity (Wildman–Crippen MR) is 94.3 cm³/mol. The smallest absolute Gasteiger partial charge is 0.245 e. The molecule has 6 heteroatoms. The van der Waals surface area contributed by atoms with Crippen molar-refractivity contribution in [2.75, 3.05) is 5.32 Å². The number of carbonyl (C=O) groups is 2. The predicted octanol–water partition coefficient (Wildman–Crippen LogP) is 2.49. The molecule has 2 aliphatic heterocycles. The SMILES string of the molecule is CC(C)C1CC(=O)C2=C(C1)OC(N)=C(C#N)C21C(=O)Nc2ccccc21. The zero-order valence-corrected chi connectivity index (χ0v) is 14.6. The van der Waals surface area contributed by atoms with E-state index in [1.807, 2.05) is 6.07 Å². The highest BCUT2D eigenvalue weighted by molar-refractivity contribution is 6.19. The summed E-state index contributed by atoms with van der Waals surface area (Å²) < 4.78 is 5.71. The first-order valence-corrected chi connectivity index (χ1v) is 8.67. The van der Waals surface area contributed by atoms with Gasteiger partial charge in [-0.3, -0.25) is 9.59 Å². The number of fused-ring (bicyclic) bond motifs is 3. The van der Waals surface area contributed by atoms with Crippen molar-refractivity contribution in [1.29, 1.82) is 5.26 Å². The van der Waals surface area contributed by atoms with Crippen molar-refractivity contribution in [2.45, 2.75) is 32.1 Å². The number of ketones is 1. The van der Waals surface area contributed by atoms with Gasteiger partial charge in [-0.25, -0.2) is 0 Å². The minimum Gasteiger partial charge on any atom is -0.444 e. The number of nitriles is 1. The second-order valence-electron chi connectivity index (χ2n) is 7.34. The molecule has 2 heterocycles. The molecular formula is C20H19N3O3. The van der Waals surface area contributed by atoms with Gasteiger partial charge in [0.1, 0.15) is 22.8 Å². The summed E-state index contributed by atoms with van der Waals surface area (Å²) in [6.45, 7) is 4.11. The summed E-state index contributed by atoms with van der Waals surface area (Å²) in [7, 11) is 0. The van der Waals surface area contributed by atoms with Crippen LogP contribution in [0.3, 0.4) is 0 Å². The third-order valence-electron chi connectivity index (χ3n) is 5.66. The van der Waals surface area contributed by atoms with E-state index in [-0.39, 0.29) is 28.7 Å². The van der Waals surface area contributed by atoms with Crippen LogP contribution in [0.25, 0.3) is 0 Å². The van der Waals surface area contributed by atoms with Crippen molar-refractivity contribution in [2.24, 2.45) is 17.6 Å². The maximum atomic E-state index is 13.1. The lowest BCUT2D eigenvalue weighted by Gasteiger charge is -2.39. The van der Waals surface area contributed by atoms with Crippen LogP contribution < -0.4 is 11.1 Å². The molecule has 1 aromatic carbocycles. The molecule has 0 fully saturated rings. The number of nitrogens with zero attached hydrogens (tertiary/aromatic N) is 1. The highest BCUT2D eigenvalue weighted by Crippen LogP contribution is 2.54. The maximum Gasteiger partial charge on any atom is 0.245 e. The molecule has 132 valence electrons. The van der Waals surface area contributed by atoms with Gasteiger partial charge in [0, 0.05) is 24.1 Å². The second-order valence-corrected chi connectivity index (χ2v) is 7.34. The monoisotopic (exact) mass is 349 g/mol. The molecule has 26 heavy (non-hydrogen) atoms. The molecule has 0 bridgehead atoms. The summed E-state index contributed by atoms with van der Waals surface area (Å²) in [6.07, 6.45) is 0.852. The number of anilines is 1. The van der Waals surface area contributed by atoms with E-state index in [1.54, 1.807) is 24.3 Å². The van der Waals surface area contributed by atoms with Gasteiger partial charge >= 0.3 is 0 Å². The Morgan fingerprint density at radius 1 is 1.31 bits per heavy atom. The number of rotatable bonds is 1. The van der Waals surface area contributed by atoms with Gasteiger partial charge in [-0.05, 0) is 17.9 Å². The fraction of sp³-hybridized carbons (Fsp3) is 0.350. The van der Waals surface area contributed by atoms with E-state index < -0.39 is 11.3 Å². The van der Waals surface area contributed by atoms with Crippen molar-refractivity contribution < 1.29 is 14.3 Å². The zero-order chi connectivity index (χ0) is 18.6. The van der Waals surface area contributed by atoms with Gasteiger partial charge in [0.25, 0.3) is 0 Å². The molecule has 1 aliphatic carbocycles. The molecule has 2 atom stereocenters. The number of Topliss-reactive ketones (excluding diaryl/α,β-unsaturated/α-hetero) is 1. The van der Waals surface area contributed by atoms with Gasteiger partial charge in [-0.15, -0.1) is 0 Å². The fourth-order valence-corrected chi connectivity index (χ4v) is 4.28. The van der Waals surface area contributed by atoms with E-state index in [0.717, 1.165) is 0 Å². The maximum absolute atomic E-state index is 13.1. The number of carbonyl (C=O) groups excluding carboxylic acids is 2. The Morgan fingerprint density at radius 3 is 2.73 bits per heavy atom. The molecule has 0 saturated carbocycles. The van der Waals surface area contributed by atoms with Crippen molar-refractivity contribution in [3.8, 4) is 6.07 Å². The van der Waals surface area contributed by atoms with E-state index in [1.165, 1.54) is 0 Å². The Morgan fingerprint density at radius 2 is 2.04 bits per heavy atom. The number of para-hydroxylation sites is 1. The molecule has 3 N–H and O–H groups in total. The number of hydrogen-bond acceptors (Lipinski definition) is 5. The highest BCUT2D eigenvalue weighted by Gasteiger charge is 2.60. The molecule has 4 rings (SSSR count). The van der Waals surface area contributed by atoms with Gasteiger partial charge in [0.15, 0.2) is 5.78 Å². The third-order valence-corrected chi connectivity index (χ3v) is 5.66. The molecule has 0 saturated heterocycles. The van der Waals surface area contributed by atoms with Crippen molar-refractivity contribution in [3.05, 3.63) is 52.6 Å². The molecule has 3 aliphatic rings. The first-order valence-electron chi connectivity index (χ1n) is 8.67. The van der Waals surface area contributed by atoms with Crippen LogP contribution in [0.4, 0.5) is 5.69 Å². The van der Waals surface area contributed by atoms with Crippen molar-refractivity contribution >= 4 is 17.4 Å². The summed E-state index contributed by atoms with van der Waals surface area (Å²) in [5, 5.41) is 12.6. The van der Waals surface area contributed by atoms with Crippen LogP contribution in [0.2, 0.25) is 0 Å². The lowest BCUT2D eigenvalue weighted by molar-refractivity contribution is -0.124. The highest BCUT2D eigenvalue weighted by atomic mass is 16.5. The zero-order valence-electron chi connectivity index (χ0n) is 14.6. The second kappa shape index (κ2) is 5.46. The lowest BCUT2D eigenvalue weighted by Crippen LogP contribution is -2.47. The van der Waals surface area contributed by atoms with E-state index in [0.29, 0.717) is 35.8 Å². The van der Waals surface area contributed by atoms with Crippen LogP contribution in [0.15, 0.2) is 47.1 Å². The minimum absolute atomic E-state index is 0.0185. The van der Waals surface area contributed by atoms with E-state index >= 15 is 0 Å². The largest absolute Gasteiger partial charge is 0.444 e. The summed E-state index contributed by atoms with van der Waals surface area (Å²) in [5.41, 5.74) is 5.95. The Kier molecular flexibility index (Phi) is 3.45. The third kappa shape index (κ3) is 1.91. The normalized spacial score (nSPS) is 27.2. The van der Waals surface area contributed by atoms with Crippen molar-refractivity contribution in [1.82, 2.24) is 0 Å². The minimum atomic E-state index is -1.51. The van der Waals surface area contributed by atoms with Crippen molar-refractivity contribution in [3.63, 3.8) is 0 Å². The molecule has 6 nitrogen and oxygen atoms in total. The standard InChI is InChI=1S/C20H19N3O3/c1-10(2)11-7-15(24)17-16(8-11)26-18(22)13(9-21)20(17)12-5-3-4-6-14(12)23-19(20)25/h3-6,10-11H,7-8,22H2,1-2H3,(H,23,25). The van der Waals surface area contributed by atoms with Gasteiger partial charge in [0.2, 0.25) is 11.8 Å². The topological polar surface area (TPSA) is 105 Å². The summed E-state index contributed by atoms with van der Waals surface area (Å²) in [6, 6.07) is 9.12. The number of nitrogens with two attached hydrogens (primary N) is 1. The summed E-state index contributed by atoms with van der Waals surface area (Å²) in [5.74, 6) is 0.148. The molecule has 1 spiro atoms. The number of nitrogens with one attached hydrogen (secondary N) is 1.